The number of carbonyl (C=O) groups is 1. The lowest BCUT2D eigenvalue weighted by atomic mass is 10.1. The van der Waals surface area contributed by atoms with Crippen LogP contribution in [0, 0.1) is 0 Å². The Bertz CT molecular complexity index is 1070. The molecule has 4 heteroatoms. The molecule has 36 heavy (non-hydrogen) atoms. The van der Waals surface area contributed by atoms with E-state index in [-0.39, 0.29) is 11.7 Å². The van der Waals surface area contributed by atoms with E-state index < -0.39 is 0 Å². The topological polar surface area (TPSA) is 65.1 Å². The first-order valence-electron chi connectivity index (χ1n) is 13.2. The van der Waals surface area contributed by atoms with Crippen LogP contribution < -0.4 is 5.32 Å². The minimum atomic E-state index is 0.0669. The average Bonchev–Trinajstić information content (AvgIpc) is 3.27. The number of aromatic amines is 1. The van der Waals surface area contributed by atoms with E-state index in [1.807, 2.05) is 12.3 Å². The number of fused-ring (bicyclic) bond motifs is 1. The molecule has 0 atom stereocenters. The predicted octanol–water partition coefficient (Wildman–Crippen LogP) is 8.01. The van der Waals surface area contributed by atoms with Crippen molar-refractivity contribution in [3.05, 3.63) is 103 Å². The molecule has 1 aromatic heterocycles. The summed E-state index contributed by atoms with van der Waals surface area (Å²) in [4.78, 5) is 15.2. The van der Waals surface area contributed by atoms with E-state index in [1.165, 1.54) is 0 Å². The Morgan fingerprint density at radius 2 is 1.39 bits per heavy atom. The SMILES string of the molecule is CCC=CCC=CCC=CCC=CCC=CCC=CCCC(=O)NCCc1c[nH]c2ccc(O)cc12. The van der Waals surface area contributed by atoms with Gasteiger partial charge in [-0.15, -0.1) is 0 Å². The summed E-state index contributed by atoms with van der Waals surface area (Å²) in [6.45, 7) is 2.74. The molecule has 4 nitrogen and oxygen atoms in total. The molecule has 0 radical (unpaired) electrons. The zero-order valence-corrected chi connectivity index (χ0v) is 21.7. The van der Waals surface area contributed by atoms with Crippen LogP contribution in [0.15, 0.2) is 97.3 Å². The molecular formula is C32H42N2O2. The number of aromatic hydroxyl groups is 1. The first-order valence-corrected chi connectivity index (χ1v) is 13.2. The lowest BCUT2D eigenvalue weighted by Gasteiger charge is -2.04. The highest BCUT2D eigenvalue weighted by Gasteiger charge is 2.05. The van der Waals surface area contributed by atoms with Gasteiger partial charge in [0.15, 0.2) is 0 Å². The number of carbonyl (C=O) groups excluding carboxylic acids is 1. The van der Waals surface area contributed by atoms with Crippen LogP contribution in [-0.2, 0) is 11.2 Å². The quantitative estimate of drug-likeness (QED) is 0.198. The molecule has 0 aliphatic heterocycles. The highest BCUT2D eigenvalue weighted by atomic mass is 16.3. The number of hydrogen-bond acceptors (Lipinski definition) is 2. The van der Waals surface area contributed by atoms with Gasteiger partial charge in [-0.1, -0.05) is 79.8 Å². The molecule has 0 aliphatic rings. The number of rotatable bonds is 17. The van der Waals surface area contributed by atoms with Crippen molar-refractivity contribution in [1.29, 1.82) is 0 Å². The van der Waals surface area contributed by atoms with Gasteiger partial charge >= 0.3 is 0 Å². The van der Waals surface area contributed by atoms with Crippen LogP contribution in [-0.4, -0.2) is 22.5 Å². The first kappa shape index (κ1) is 28.7. The summed E-state index contributed by atoms with van der Waals surface area (Å²) in [6, 6.07) is 5.28. The molecular weight excluding hydrogens is 444 g/mol. The number of aromatic nitrogens is 1. The van der Waals surface area contributed by atoms with Gasteiger partial charge in [0.1, 0.15) is 5.75 Å². The fraction of sp³-hybridized carbons (Fsp3) is 0.344. The van der Waals surface area contributed by atoms with Crippen LogP contribution in [0.25, 0.3) is 10.9 Å². The van der Waals surface area contributed by atoms with E-state index in [0.29, 0.717) is 13.0 Å². The van der Waals surface area contributed by atoms with Gasteiger partial charge in [-0.05, 0) is 75.1 Å². The van der Waals surface area contributed by atoms with Gasteiger partial charge < -0.3 is 15.4 Å². The maximum Gasteiger partial charge on any atom is 0.220 e. The zero-order valence-electron chi connectivity index (χ0n) is 21.7. The molecule has 2 rings (SSSR count). The summed E-state index contributed by atoms with van der Waals surface area (Å²) in [5.74, 6) is 0.320. The minimum absolute atomic E-state index is 0.0669. The first-order chi connectivity index (χ1) is 17.7. The normalized spacial score (nSPS) is 12.7. The maximum absolute atomic E-state index is 12.0. The largest absolute Gasteiger partial charge is 0.508 e. The van der Waals surface area contributed by atoms with Crippen molar-refractivity contribution in [1.82, 2.24) is 10.3 Å². The maximum atomic E-state index is 12.0. The predicted molar refractivity (Wildman–Crippen MR) is 154 cm³/mol. The summed E-state index contributed by atoms with van der Waals surface area (Å²) in [5.41, 5.74) is 2.09. The van der Waals surface area contributed by atoms with Crippen molar-refractivity contribution in [3.63, 3.8) is 0 Å². The third-order valence-corrected chi connectivity index (χ3v) is 5.60. The second-order valence-corrected chi connectivity index (χ2v) is 8.60. The Morgan fingerprint density at radius 1 is 0.833 bits per heavy atom. The van der Waals surface area contributed by atoms with Crippen LogP contribution in [0.1, 0.15) is 63.9 Å². The van der Waals surface area contributed by atoms with Crippen molar-refractivity contribution in [2.75, 3.05) is 6.54 Å². The number of phenolic OH excluding ortho intramolecular Hbond substituents is 1. The molecule has 1 amide bonds. The molecule has 192 valence electrons. The van der Waals surface area contributed by atoms with Gasteiger partial charge in [-0.2, -0.15) is 0 Å². The Kier molecular flexibility index (Phi) is 15.0. The molecule has 0 unspecified atom stereocenters. The van der Waals surface area contributed by atoms with Gasteiger partial charge in [0.2, 0.25) is 5.91 Å². The minimum Gasteiger partial charge on any atom is -0.508 e. The zero-order chi connectivity index (χ0) is 25.7. The van der Waals surface area contributed by atoms with E-state index in [9.17, 15) is 9.90 Å². The van der Waals surface area contributed by atoms with Gasteiger partial charge in [-0.25, -0.2) is 0 Å². The van der Waals surface area contributed by atoms with Crippen molar-refractivity contribution in [2.24, 2.45) is 0 Å². The van der Waals surface area contributed by atoms with Crippen molar-refractivity contribution >= 4 is 16.8 Å². The highest BCUT2D eigenvalue weighted by molar-refractivity contribution is 5.84. The van der Waals surface area contributed by atoms with E-state index >= 15 is 0 Å². The average molecular weight is 487 g/mol. The molecule has 0 fully saturated rings. The van der Waals surface area contributed by atoms with Crippen LogP contribution in [0.4, 0.5) is 0 Å². The summed E-state index contributed by atoms with van der Waals surface area (Å²) < 4.78 is 0. The van der Waals surface area contributed by atoms with E-state index in [0.717, 1.165) is 67.8 Å². The number of benzene rings is 1. The third kappa shape index (κ3) is 12.8. The number of H-pyrrole nitrogens is 1. The lowest BCUT2D eigenvalue weighted by Crippen LogP contribution is -2.25. The fourth-order valence-corrected chi connectivity index (χ4v) is 3.65. The van der Waals surface area contributed by atoms with E-state index in [1.54, 1.807) is 12.1 Å². The standard InChI is InChI=1S/C32H42N2O2/c1-2-3-4-5-6-7-8-9-10-11-12-13-14-15-16-17-18-19-20-21-32(36)33-25-24-28-27-34-31-23-22-29(35)26-30(28)31/h3-4,6-7,9-10,12-13,15-16,18-19,22-23,26-27,34-35H,2,5,8,11,14,17,20-21,24-25H2,1H3,(H,33,36). The monoisotopic (exact) mass is 486 g/mol. The van der Waals surface area contributed by atoms with Crippen molar-refractivity contribution in [2.45, 2.75) is 64.7 Å². The number of nitrogens with one attached hydrogen (secondary N) is 2. The Hall–Kier alpha value is -3.53. The second kappa shape index (κ2) is 18.8. The van der Waals surface area contributed by atoms with Crippen molar-refractivity contribution < 1.29 is 9.90 Å². The van der Waals surface area contributed by atoms with Gasteiger partial charge in [-0.3, -0.25) is 4.79 Å². The summed E-state index contributed by atoms with van der Waals surface area (Å²) >= 11 is 0. The van der Waals surface area contributed by atoms with Crippen LogP contribution in [0.3, 0.4) is 0 Å². The van der Waals surface area contributed by atoms with E-state index in [2.05, 4.69) is 90.1 Å². The third-order valence-electron chi connectivity index (χ3n) is 5.60. The number of hydrogen-bond donors (Lipinski definition) is 3. The van der Waals surface area contributed by atoms with Crippen LogP contribution in [0.5, 0.6) is 5.75 Å². The molecule has 2 aromatic rings. The Balaban J connectivity index is 1.46. The summed E-state index contributed by atoms with van der Waals surface area (Å²) in [5, 5.41) is 13.6. The van der Waals surface area contributed by atoms with Gasteiger partial charge in [0, 0.05) is 30.1 Å². The van der Waals surface area contributed by atoms with Gasteiger partial charge in [0.25, 0.3) is 0 Å². The lowest BCUT2D eigenvalue weighted by molar-refractivity contribution is -0.120. The molecule has 0 spiro atoms. The number of phenols is 1. The number of amides is 1. The van der Waals surface area contributed by atoms with Crippen LogP contribution >= 0.6 is 0 Å². The molecule has 0 bridgehead atoms. The van der Waals surface area contributed by atoms with Gasteiger partial charge in [0.05, 0.1) is 0 Å². The summed E-state index contributed by atoms with van der Waals surface area (Å²) in [7, 11) is 0. The molecule has 0 saturated heterocycles. The highest BCUT2D eigenvalue weighted by Crippen LogP contribution is 2.23. The molecule has 0 saturated carbocycles. The van der Waals surface area contributed by atoms with Crippen molar-refractivity contribution in [3.8, 4) is 5.75 Å². The Morgan fingerprint density at radius 3 is 1.97 bits per heavy atom. The fourth-order valence-electron chi connectivity index (χ4n) is 3.65. The number of allylic oxidation sites excluding steroid dienone is 12. The smallest absolute Gasteiger partial charge is 0.220 e. The second-order valence-electron chi connectivity index (χ2n) is 8.60. The van der Waals surface area contributed by atoms with Crippen LogP contribution in [0.2, 0.25) is 0 Å². The Labute approximate surface area is 216 Å². The molecule has 0 aliphatic carbocycles. The van der Waals surface area contributed by atoms with E-state index in [4.69, 9.17) is 0 Å². The summed E-state index contributed by atoms with van der Waals surface area (Å²) in [6.07, 6.45) is 36.0. The molecule has 3 N–H and O–H groups in total. The molecule has 1 aromatic carbocycles. The molecule has 1 heterocycles.